The van der Waals surface area contributed by atoms with Gasteiger partial charge in [0.25, 0.3) is 0 Å². The Labute approximate surface area is 99.6 Å². The van der Waals surface area contributed by atoms with Crippen LogP contribution in [0.5, 0.6) is 0 Å². The minimum atomic E-state index is -0.569. The summed E-state index contributed by atoms with van der Waals surface area (Å²) in [5.74, 6) is 0. The van der Waals surface area contributed by atoms with E-state index in [0.717, 1.165) is 5.56 Å². The molecule has 4 nitrogen and oxygen atoms in total. The van der Waals surface area contributed by atoms with Crippen LogP contribution < -0.4 is 16.4 Å². The van der Waals surface area contributed by atoms with Gasteiger partial charge in [0, 0.05) is 12.2 Å². The van der Waals surface area contributed by atoms with E-state index in [9.17, 15) is 4.79 Å². The van der Waals surface area contributed by atoms with Gasteiger partial charge in [-0.3, -0.25) is 4.90 Å². The zero-order valence-electron chi connectivity index (χ0n) is 8.02. The second-order valence-electron chi connectivity index (χ2n) is 2.76. The normalized spacial score (nSPS) is 9.20. The molecule has 2 amide bonds. The number of carbonyl (C=O) groups is 1. The van der Waals surface area contributed by atoms with Crippen LogP contribution in [-0.4, -0.2) is 12.0 Å². The van der Waals surface area contributed by atoms with Crippen LogP contribution in [0.2, 0.25) is 0 Å². The summed E-state index contributed by atoms with van der Waals surface area (Å²) in [6.45, 7) is 0.470. The standard InChI is InChI=1S/C9H12ClN3O.ClH/c10-6-13(9(12)14)8-3-1-7(5-11)2-4-8;/h1-4H,5-6,11H2,(H2,12,14);1H. The Morgan fingerprint density at radius 1 is 1.33 bits per heavy atom. The fourth-order valence-corrected chi connectivity index (χ4v) is 1.32. The number of amides is 2. The summed E-state index contributed by atoms with van der Waals surface area (Å²) < 4.78 is 0. The summed E-state index contributed by atoms with van der Waals surface area (Å²) in [4.78, 5) is 12.2. The number of alkyl halides is 1. The smallest absolute Gasteiger partial charge is 0.320 e. The first kappa shape index (κ1) is 14.0. The number of benzene rings is 1. The van der Waals surface area contributed by atoms with E-state index in [1.807, 2.05) is 12.1 Å². The zero-order valence-corrected chi connectivity index (χ0v) is 9.59. The summed E-state index contributed by atoms with van der Waals surface area (Å²) in [6.07, 6.45) is 0. The molecule has 1 aromatic rings. The SMILES string of the molecule is Cl.NCc1ccc(N(CCl)C(N)=O)cc1. The Morgan fingerprint density at radius 2 is 1.87 bits per heavy atom. The van der Waals surface area contributed by atoms with Gasteiger partial charge >= 0.3 is 6.03 Å². The second-order valence-corrected chi connectivity index (χ2v) is 3.00. The van der Waals surface area contributed by atoms with E-state index in [2.05, 4.69) is 0 Å². The molecule has 0 fully saturated rings. The number of rotatable bonds is 3. The Balaban J connectivity index is 0.00000196. The van der Waals surface area contributed by atoms with Crippen LogP contribution >= 0.6 is 24.0 Å². The molecule has 0 aliphatic carbocycles. The van der Waals surface area contributed by atoms with Crippen molar-refractivity contribution in [2.45, 2.75) is 6.54 Å². The average molecular weight is 250 g/mol. The minimum absolute atomic E-state index is 0. The van der Waals surface area contributed by atoms with Gasteiger partial charge in [-0.15, -0.1) is 24.0 Å². The van der Waals surface area contributed by atoms with Crippen molar-refractivity contribution in [1.29, 1.82) is 0 Å². The lowest BCUT2D eigenvalue weighted by atomic mass is 10.2. The molecule has 0 spiro atoms. The Hall–Kier alpha value is -0.970. The molecular weight excluding hydrogens is 237 g/mol. The van der Waals surface area contributed by atoms with Crippen molar-refractivity contribution in [2.24, 2.45) is 11.5 Å². The van der Waals surface area contributed by atoms with Gasteiger partial charge in [-0.05, 0) is 17.7 Å². The van der Waals surface area contributed by atoms with Gasteiger partial charge < -0.3 is 11.5 Å². The monoisotopic (exact) mass is 249 g/mol. The lowest BCUT2D eigenvalue weighted by molar-refractivity contribution is 0.255. The van der Waals surface area contributed by atoms with Gasteiger partial charge in [0.1, 0.15) is 6.00 Å². The lowest BCUT2D eigenvalue weighted by Gasteiger charge is -2.16. The van der Waals surface area contributed by atoms with Crippen molar-refractivity contribution in [3.8, 4) is 0 Å². The van der Waals surface area contributed by atoms with Crippen molar-refractivity contribution in [1.82, 2.24) is 0 Å². The highest BCUT2D eigenvalue weighted by Crippen LogP contribution is 2.15. The largest absolute Gasteiger partial charge is 0.351 e. The average Bonchev–Trinajstić information content (AvgIpc) is 2.19. The molecular formula is C9H13Cl2N3O. The van der Waals surface area contributed by atoms with Crippen LogP contribution in [-0.2, 0) is 6.54 Å². The summed E-state index contributed by atoms with van der Waals surface area (Å²) in [6, 6.07) is 6.65. The number of primary amides is 1. The number of nitrogens with zero attached hydrogens (tertiary/aromatic N) is 1. The van der Waals surface area contributed by atoms with Gasteiger partial charge in [0.2, 0.25) is 0 Å². The molecule has 15 heavy (non-hydrogen) atoms. The third-order valence-corrected chi connectivity index (χ3v) is 2.11. The Kier molecular flexibility index (Phi) is 6.08. The van der Waals surface area contributed by atoms with Crippen molar-refractivity contribution in [3.63, 3.8) is 0 Å². The van der Waals surface area contributed by atoms with Crippen molar-refractivity contribution in [3.05, 3.63) is 29.8 Å². The van der Waals surface area contributed by atoms with Crippen LogP contribution in [0.1, 0.15) is 5.56 Å². The fraction of sp³-hybridized carbons (Fsp3) is 0.222. The van der Waals surface area contributed by atoms with E-state index in [1.165, 1.54) is 4.90 Å². The molecule has 1 aromatic carbocycles. The van der Waals surface area contributed by atoms with Gasteiger partial charge in [0.15, 0.2) is 0 Å². The quantitative estimate of drug-likeness (QED) is 0.632. The molecule has 1 rings (SSSR count). The first-order valence-corrected chi connectivity index (χ1v) is 4.64. The summed E-state index contributed by atoms with van der Waals surface area (Å²) >= 11 is 5.57. The van der Waals surface area contributed by atoms with Crippen LogP contribution in [0.15, 0.2) is 24.3 Å². The zero-order chi connectivity index (χ0) is 10.6. The van der Waals surface area contributed by atoms with Gasteiger partial charge in [-0.2, -0.15) is 0 Å². The number of halogens is 2. The van der Waals surface area contributed by atoms with Crippen molar-refractivity contribution >= 4 is 35.7 Å². The van der Waals surface area contributed by atoms with Gasteiger partial charge in [-0.25, -0.2) is 4.79 Å². The molecule has 0 aliphatic heterocycles. The van der Waals surface area contributed by atoms with E-state index in [4.69, 9.17) is 23.1 Å². The lowest BCUT2D eigenvalue weighted by Crippen LogP contribution is -2.34. The molecule has 0 aromatic heterocycles. The van der Waals surface area contributed by atoms with Crippen LogP contribution in [0.3, 0.4) is 0 Å². The maximum atomic E-state index is 10.9. The first-order valence-electron chi connectivity index (χ1n) is 4.11. The number of urea groups is 1. The Morgan fingerprint density at radius 3 is 2.20 bits per heavy atom. The van der Waals surface area contributed by atoms with Crippen LogP contribution in [0, 0.1) is 0 Å². The summed E-state index contributed by atoms with van der Waals surface area (Å²) in [7, 11) is 0. The van der Waals surface area contributed by atoms with Crippen molar-refractivity contribution < 1.29 is 4.79 Å². The Bertz CT molecular complexity index is 316. The molecule has 0 atom stereocenters. The van der Waals surface area contributed by atoms with Gasteiger partial charge in [-0.1, -0.05) is 12.1 Å². The summed E-state index contributed by atoms with van der Waals surface area (Å²) in [5.41, 5.74) is 12.2. The van der Waals surface area contributed by atoms with Crippen molar-refractivity contribution in [2.75, 3.05) is 10.9 Å². The summed E-state index contributed by atoms with van der Waals surface area (Å²) in [5, 5.41) is 0. The highest BCUT2D eigenvalue weighted by Gasteiger charge is 2.09. The number of hydrogen-bond acceptors (Lipinski definition) is 2. The first-order chi connectivity index (χ1) is 6.69. The van der Waals surface area contributed by atoms with Gasteiger partial charge in [0.05, 0.1) is 0 Å². The number of carbonyl (C=O) groups excluding carboxylic acids is 1. The van der Waals surface area contributed by atoms with E-state index >= 15 is 0 Å². The molecule has 84 valence electrons. The molecule has 0 radical (unpaired) electrons. The molecule has 6 heteroatoms. The maximum Gasteiger partial charge on any atom is 0.320 e. The van der Waals surface area contributed by atoms with E-state index in [-0.39, 0.29) is 18.4 Å². The second kappa shape index (κ2) is 6.50. The predicted molar refractivity (Wildman–Crippen MR) is 64.4 cm³/mol. The highest BCUT2D eigenvalue weighted by molar-refractivity contribution is 6.21. The fourth-order valence-electron chi connectivity index (χ4n) is 1.07. The molecule has 0 aliphatic rings. The van der Waals surface area contributed by atoms with Crippen LogP contribution in [0.4, 0.5) is 10.5 Å². The topological polar surface area (TPSA) is 72.3 Å². The minimum Gasteiger partial charge on any atom is -0.351 e. The molecule has 0 bridgehead atoms. The third kappa shape index (κ3) is 3.58. The molecule has 4 N–H and O–H groups in total. The van der Waals surface area contributed by atoms with E-state index < -0.39 is 6.03 Å². The molecule has 0 saturated carbocycles. The highest BCUT2D eigenvalue weighted by atomic mass is 35.5. The number of hydrogen-bond donors (Lipinski definition) is 2. The van der Waals surface area contributed by atoms with Crippen LogP contribution in [0.25, 0.3) is 0 Å². The maximum absolute atomic E-state index is 10.9. The van der Waals surface area contributed by atoms with E-state index in [0.29, 0.717) is 12.2 Å². The molecule has 0 heterocycles. The third-order valence-electron chi connectivity index (χ3n) is 1.87. The molecule has 0 unspecified atom stereocenters. The van der Waals surface area contributed by atoms with E-state index in [1.54, 1.807) is 12.1 Å². The predicted octanol–water partition coefficient (Wildman–Crippen LogP) is 1.65. The number of anilines is 1. The number of nitrogens with two attached hydrogens (primary N) is 2. The molecule has 0 saturated heterocycles.